The van der Waals surface area contributed by atoms with Gasteiger partial charge in [-0.2, -0.15) is 0 Å². The van der Waals surface area contributed by atoms with Crippen molar-refractivity contribution in [3.63, 3.8) is 0 Å². The van der Waals surface area contributed by atoms with Crippen LogP contribution in [0.1, 0.15) is 45.6 Å². The van der Waals surface area contributed by atoms with Crippen molar-refractivity contribution in [2.24, 2.45) is 16.7 Å². The molecule has 4 atom stereocenters. The summed E-state index contributed by atoms with van der Waals surface area (Å²) in [5.41, 5.74) is 2.11. The number of hydrogen-bond donors (Lipinski definition) is 2. The number of nitrogens with one attached hydrogen (secondary N) is 1. The minimum atomic E-state index is 0.171. The molecule has 21 heavy (non-hydrogen) atoms. The fraction of sp³-hybridized carbons (Fsp3) is 0.684. The maximum Gasteiger partial charge on any atom is 0.0587 e. The SMILES string of the molecule is CC1(C)C2CCC1(C)C(N[C@H](CO)Cc1ccccc1)C2. The van der Waals surface area contributed by atoms with Gasteiger partial charge in [-0.15, -0.1) is 0 Å². The van der Waals surface area contributed by atoms with Crippen LogP contribution in [0, 0.1) is 16.7 Å². The molecule has 3 rings (SSSR count). The van der Waals surface area contributed by atoms with Crippen LogP contribution >= 0.6 is 0 Å². The number of aliphatic hydroxyl groups is 1. The molecule has 3 unspecified atom stereocenters. The Hall–Kier alpha value is -0.860. The van der Waals surface area contributed by atoms with E-state index in [2.05, 4.69) is 50.4 Å². The molecule has 2 bridgehead atoms. The summed E-state index contributed by atoms with van der Waals surface area (Å²) in [7, 11) is 0. The zero-order valence-electron chi connectivity index (χ0n) is 13.6. The minimum absolute atomic E-state index is 0.171. The minimum Gasteiger partial charge on any atom is -0.395 e. The number of benzene rings is 1. The van der Waals surface area contributed by atoms with Crippen LogP contribution in [-0.4, -0.2) is 23.8 Å². The third-order valence-corrected chi connectivity index (χ3v) is 6.78. The zero-order chi connectivity index (χ0) is 15.1. The van der Waals surface area contributed by atoms with Gasteiger partial charge >= 0.3 is 0 Å². The molecule has 2 heteroatoms. The molecular weight excluding hydrogens is 258 g/mol. The van der Waals surface area contributed by atoms with Gasteiger partial charge in [-0.3, -0.25) is 0 Å². The summed E-state index contributed by atoms with van der Waals surface area (Å²) in [5.74, 6) is 0.844. The lowest BCUT2D eigenvalue weighted by Crippen LogP contribution is -2.50. The molecule has 116 valence electrons. The van der Waals surface area contributed by atoms with Gasteiger partial charge in [0, 0.05) is 12.1 Å². The van der Waals surface area contributed by atoms with E-state index in [4.69, 9.17) is 0 Å². The van der Waals surface area contributed by atoms with E-state index in [9.17, 15) is 5.11 Å². The second-order valence-electron chi connectivity index (χ2n) is 7.90. The Bertz CT molecular complexity index is 484. The van der Waals surface area contributed by atoms with Crippen molar-refractivity contribution in [3.05, 3.63) is 35.9 Å². The zero-order valence-corrected chi connectivity index (χ0v) is 13.6. The highest BCUT2D eigenvalue weighted by molar-refractivity contribution is 5.17. The fourth-order valence-electron chi connectivity index (χ4n) is 4.82. The van der Waals surface area contributed by atoms with Gasteiger partial charge < -0.3 is 10.4 Å². The topological polar surface area (TPSA) is 32.3 Å². The Labute approximate surface area is 129 Å². The molecule has 0 saturated heterocycles. The molecule has 2 fully saturated rings. The maximum absolute atomic E-state index is 9.77. The maximum atomic E-state index is 9.77. The fourth-order valence-corrected chi connectivity index (χ4v) is 4.82. The van der Waals surface area contributed by atoms with Crippen LogP contribution in [0.4, 0.5) is 0 Å². The van der Waals surface area contributed by atoms with E-state index in [1.165, 1.54) is 24.8 Å². The van der Waals surface area contributed by atoms with Crippen LogP contribution in [-0.2, 0) is 6.42 Å². The van der Waals surface area contributed by atoms with Crippen LogP contribution in [0.15, 0.2) is 30.3 Å². The first-order chi connectivity index (χ1) is 9.97. The van der Waals surface area contributed by atoms with Crippen molar-refractivity contribution in [1.82, 2.24) is 5.32 Å². The van der Waals surface area contributed by atoms with E-state index in [1.54, 1.807) is 0 Å². The summed E-state index contributed by atoms with van der Waals surface area (Å²) in [5, 5.41) is 13.6. The summed E-state index contributed by atoms with van der Waals surface area (Å²) in [6.45, 7) is 7.55. The molecule has 0 aromatic heterocycles. The molecule has 1 aromatic rings. The Kier molecular flexibility index (Phi) is 3.87. The molecule has 2 N–H and O–H groups in total. The van der Waals surface area contributed by atoms with E-state index < -0.39 is 0 Å². The van der Waals surface area contributed by atoms with Crippen molar-refractivity contribution in [3.8, 4) is 0 Å². The second-order valence-corrected chi connectivity index (χ2v) is 7.90. The van der Waals surface area contributed by atoms with Crippen LogP contribution in [0.3, 0.4) is 0 Å². The van der Waals surface area contributed by atoms with E-state index in [0.29, 0.717) is 16.9 Å². The Morgan fingerprint density at radius 3 is 2.48 bits per heavy atom. The van der Waals surface area contributed by atoms with Crippen molar-refractivity contribution >= 4 is 0 Å². The smallest absolute Gasteiger partial charge is 0.0587 e. The van der Waals surface area contributed by atoms with Crippen molar-refractivity contribution in [1.29, 1.82) is 0 Å². The summed E-state index contributed by atoms with van der Waals surface area (Å²) < 4.78 is 0. The summed E-state index contributed by atoms with van der Waals surface area (Å²) in [6, 6.07) is 11.2. The molecule has 0 amide bonds. The van der Waals surface area contributed by atoms with Crippen LogP contribution in [0.5, 0.6) is 0 Å². The monoisotopic (exact) mass is 287 g/mol. The summed E-state index contributed by atoms with van der Waals surface area (Å²) in [4.78, 5) is 0. The Morgan fingerprint density at radius 2 is 1.95 bits per heavy atom. The van der Waals surface area contributed by atoms with E-state index in [0.717, 1.165) is 12.3 Å². The molecule has 0 radical (unpaired) electrons. The number of aliphatic hydroxyl groups excluding tert-OH is 1. The van der Waals surface area contributed by atoms with Gasteiger partial charge in [0.2, 0.25) is 0 Å². The largest absolute Gasteiger partial charge is 0.395 e. The standard InChI is InChI=1S/C19H29NO/c1-18(2)15-9-10-19(18,3)17(12-15)20-16(13-21)11-14-7-5-4-6-8-14/h4-8,15-17,20-21H,9-13H2,1-3H3/t15?,16-,17?,19?/m0/s1. The molecule has 2 saturated carbocycles. The highest BCUT2D eigenvalue weighted by Crippen LogP contribution is 2.65. The molecule has 1 aromatic carbocycles. The highest BCUT2D eigenvalue weighted by atomic mass is 16.3. The lowest BCUT2D eigenvalue weighted by Gasteiger charge is -2.41. The lowest BCUT2D eigenvalue weighted by molar-refractivity contribution is 0.107. The van der Waals surface area contributed by atoms with Gasteiger partial charge in [0.05, 0.1) is 6.61 Å². The van der Waals surface area contributed by atoms with Crippen LogP contribution in [0.25, 0.3) is 0 Å². The molecule has 2 nitrogen and oxygen atoms in total. The number of hydrogen-bond acceptors (Lipinski definition) is 2. The van der Waals surface area contributed by atoms with E-state index >= 15 is 0 Å². The second kappa shape index (κ2) is 5.40. The first kappa shape index (κ1) is 15.1. The van der Waals surface area contributed by atoms with Gasteiger partial charge in [0.1, 0.15) is 0 Å². The van der Waals surface area contributed by atoms with Gasteiger partial charge in [-0.1, -0.05) is 51.1 Å². The number of fused-ring (bicyclic) bond motifs is 2. The van der Waals surface area contributed by atoms with Crippen LogP contribution in [0.2, 0.25) is 0 Å². The normalized spacial score (nSPS) is 35.0. The van der Waals surface area contributed by atoms with Crippen molar-refractivity contribution in [2.45, 2.75) is 58.5 Å². The first-order valence-corrected chi connectivity index (χ1v) is 8.38. The predicted molar refractivity (Wildman–Crippen MR) is 87.2 cm³/mol. The van der Waals surface area contributed by atoms with E-state index in [-0.39, 0.29) is 12.6 Å². The molecule has 0 aliphatic heterocycles. The quantitative estimate of drug-likeness (QED) is 0.870. The average molecular weight is 287 g/mol. The predicted octanol–water partition coefficient (Wildman–Crippen LogP) is 3.39. The lowest BCUT2D eigenvalue weighted by atomic mass is 9.69. The Balaban J connectivity index is 1.68. The van der Waals surface area contributed by atoms with Crippen molar-refractivity contribution in [2.75, 3.05) is 6.61 Å². The van der Waals surface area contributed by atoms with Gasteiger partial charge in [-0.25, -0.2) is 0 Å². The number of rotatable bonds is 5. The molecule has 2 aliphatic rings. The highest BCUT2D eigenvalue weighted by Gasteiger charge is 2.61. The van der Waals surface area contributed by atoms with E-state index in [1.807, 2.05) is 6.07 Å². The molecular formula is C19H29NO. The van der Waals surface area contributed by atoms with Crippen LogP contribution < -0.4 is 5.32 Å². The average Bonchev–Trinajstić information content (AvgIpc) is 2.81. The van der Waals surface area contributed by atoms with Crippen molar-refractivity contribution < 1.29 is 5.11 Å². The van der Waals surface area contributed by atoms with Gasteiger partial charge in [0.15, 0.2) is 0 Å². The Morgan fingerprint density at radius 1 is 1.24 bits per heavy atom. The summed E-state index contributed by atoms with van der Waals surface area (Å²) in [6.07, 6.45) is 4.89. The molecule has 0 heterocycles. The molecule has 0 spiro atoms. The summed E-state index contributed by atoms with van der Waals surface area (Å²) >= 11 is 0. The first-order valence-electron chi connectivity index (χ1n) is 8.38. The third kappa shape index (κ3) is 2.43. The third-order valence-electron chi connectivity index (χ3n) is 6.78. The van der Waals surface area contributed by atoms with Gasteiger partial charge in [0.25, 0.3) is 0 Å². The van der Waals surface area contributed by atoms with Gasteiger partial charge in [-0.05, 0) is 48.0 Å². The molecule has 2 aliphatic carbocycles.